The van der Waals surface area contributed by atoms with Crippen molar-refractivity contribution in [1.82, 2.24) is 9.78 Å². The number of hydrogen-bond acceptors (Lipinski definition) is 4. The number of aromatic nitrogens is 2. The van der Waals surface area contributed by atoms with Gasteiger partial charge in [-0.05, 0) is 42.0 Å². The molecule has 0 saturated heterocycles. The molecule has 0 aliphatic heterocycles. The van der Waals surface area contributed by atoms with Gasteiger partial charge in [-0.2, -0.15) is 5.10 Å². The SMILES string of the molecule is COc1ccc(-c2c(N)c(N)nn2Cc2ccc(Cl)cc2)cc1. The van der Waals surface area contributed by atoms with E-state index >= 15 is 0 Å². The van der Waals surface area contributed by atoms with Gasteiger partial charge >= 0.3 is 0 Å². The van der Waals surface area contributed by atoms with Gasteiger partial charge in [0.15, 0.2) is 5.82 Å². The Labute approximate surface area is 139 Å². The van der Waals surface area contributed by atoms with E-state index in [-0.39, 0.29) is 0 Å². The third kappa shape index (κ3) is 3.10. The Balaban J connectivity index is 2.00. The molecule has 0 bridgehead atoms. The van der Waals surface area contributed by atoms with Crippen LogP contribution in [0.3, 0.4) is 0 Å². The van der Waals surface area contributed by atoms with Crippen LogP contribution in [0.1, 0.15) is 5.56 Å². The van der Waals surface area contributed by atoms with Gasteiger partial charge in [0.2, 0.25) is 0 Å². The summed E-state index contributed by atoms with van der Waals surface area (Å²) < 4.78 is 6.99. The average Bonchev–Trinajstić information content (AvgIpc) is 2.84. The maximum absolute atomic E-state index is 6.12. The largest absolute Gasteiger partial charge is 0.497 e. The second kappa shape index (κ2) is 6.22. The molecule has 5 nitrogen and oxygen atoms in total. The molecule has 0 amide bonds. The van der Waals surface area contributed by atoms with Crippen LogP contribution < -0.4 is 16.2 Å². The summed E-state index contributed by atoms with van der Waals surface area (Å²) in [7, 11) is 1.63. The van der Waals surface area contributed by atoms with Gasteiger partial charge in [-0.1, -0.05) is 23.7 Å². The van der Waals surface area contributed by atoms with Gasteiger partial charge in [0, 0.05) is 10.6 Å². The van der Waals surface area contributed by atoms with E-state index in [2.05, 4.69) is 5.10 Å². The van der Waals surface area contributed by atoms with Gasteiger partial charge in [0.1, 0.15) is 11.4 Å². The second-order valence-electron chi connectivity index (χ2n) is 5.16. The van der Waals surface area contributed by atoms with Gasteiger partial charge in [-0.25, -0.2) is 0 Å². The highest BCUT2D eigenvalue weighted by molar-refractivity contribution is 6.30. The summed E-state index contributed by atoms with van der Waals surface area (Å²) in [5.74, 6) is 1.11. The molecule has 0 saturated carbocycles. The van der Waals surface area contributed by atoms with Crippen LogP contribution in [-0.2, 0) is 6.54 Å². The monoisotopic (exact) mass is 328 g/mol. The van der Waals surface area contributed by atoms with Gasteiger partial charge < -0.3 is 16.2 Å². The predicted molar refractivity (Wildman–Crippen MR) is 93.6 cm³/mol. The Morgan fingerprint density at radius 2 is 1.70 bits per heavy atom. The number of benzene rings is 2. The molecule has 0 spiro atoms. The van der Waals surface area contributed by atoms with Gasteiger partial charge in [0.05, 0.1) is 19.3 Å². The lowest BCUT2D eigenvalue weighted by Gasteiger charge is -2.09. The highest BCUT2D eigenvalue weighted by atomic mass is 35.5. The van der Waals surface area contributed by atoms with Crippen molar-refractivity contribution < 1.29 is 4.74 Å². The third-order valence-corrected chi connectivity index (χ3v) is 3.88. The fourth-order valence-electron chi connectivity index (χ4n) is 2.42. The first kappa shape index (κ1) is 15.2. The zero-order valence-electron chi connectivity index (χ0n) is 12.7. The summed E-state index contributed by atoms with van der Waals surface area (Å²) >= 11 is 5.93. The minimum absolute atomic E-state index is 0.324. The van der Waals surface area contributed by atoms with Crippen LogP contribution in [0.2, 0.25) is 5.02 Å². The summed E-state index contributed by atoms with van der Waals surface area (Å²) in [6.07, 6.45) is 0. The lowest BCUT2D eigenvalue weighted by Crippen LogP contribution is -2.04. The summed E-state index contributed by atoms with van der Waals surface area (Å²) in [4.78, 5) is 0. The number of rotatable bonds is 4. The van der Waals surface area contributed by atoms with E-state index in [1.54, 1.807) is 11.8 Å². The molecule has 4 N–H and O–H groups in total. The van der Waals surface area contributed by atoms with Crippen molar-refractivity contribution in [1.29, 1.82) is 0 Å². The summed E-state index contributed by atoms with van der Waals surface area (Å²) in [6, 6.07) is 15.2. The molecule has 0 radical (unpaired) electrons. The lowest BCUT2D eigenvalue weighted by atomic mass is 10.1. The van der Waals surface area contributed by atoms with Gasteiger partial charge in [0.25, 0.3) is 0 Å². The van der Waals surface area contributed by atoms with E-state index in [9.17, 15) is 0 Å². The normalized spacial score (nSPS) is 10.7. The van der Waals surface area contributed by atoms with E-state index in [1.807, 2.05) is 48.5 Å². The number of ether oxygens (including phenoxy) is 1. The van der Waals surface area contributed by atoms with Crippen LogP contribution in [0.5, 0.6) is 5.75 Å². The first-order valence-corrected chi connectivity index (χ1v) is 7.47. The van der Waals surface area contributed by atoms with Crippen molar-refractivity contribution in [3.05, 3.63) is 59.1 Å². The van der Waals surface area contributed by atoms with Crippen molar-refractivity contribution in [2.45, 2.75) is 6.54 Å². The number of hydrogen-bond donors (Lipinski definition) is 2. The van der Waals surface area contributed by atoms with E-state index in [0.29, 0.717) is 23.1 Å². The van der Waals surface area contributed by atoms with Crippen molar-refractivity contribution in [2.24, 2.45) is 0 Å². The molecular weight excluding hydrogens is 312 g/mol. The van der Waals surface area contributed by atoms with E-state index in [4.69, 9.17) is 27.8 Å². The Bertz CT molecular complexity index is 810. The average molecular weight is 329 g/mol. The molecule has 6 heteroatoms. The van der Waals surface area contributed by atoms with Crippen molar-refractivity contribution >= 4 is 23.1 Å². The standard InChI is InChI=1S/C17H17ClN4O/c1-23-14-8-4-12(5-9-14)16-15(19)17(20)21-22(16)10-11-2-6-13(18)7-3-11/h2-9H,10,19H2,1H3,(H2,20,21). The lowest BCUT2D eigenvalue weighted by molar-refractivity contribution is 0.415. The molecule has 0 aliphatic carbocycles. The fourth-order valence-corrected chi connectivity index (χ4v) is 2.55. The molecule has 0 unspecified atom stereocenters. The summed E-state index contributed by atoms with van der Waals surface area (Å²) in [6.45, 7) is 0.555. The maximum Gasteiger partial charge on any atom is 0.169 e. The van der Waals surface area contributed by atoms with Gasteiger partial charge in [-0.3, -0.25) is 4.68 Å². The molecular formula is C17H17ClN4O. The number of nitrogen functional groups attached to an aromatic ring is 2. The molecule has 23 heavy (non-hydrogen) atoms. The Hall–Kier alpha value is -2.66. The Kier molecular flexibility index (Phi) is 4.12. The maximum atomic E-state index is 6.12. The minimum atomic E-state index is 0.324. The molecule has 1 aromatic heterocycles. The number of anilines is 2. The number of nitrogens with zero attached hydrogens (tertiary/aromatic N) is 2. The van der Waals surface area contributed by atoms with E-state index in [0.717, 1.165) is 22.6 Å². The first-order chi connectivity index (χ1) is 11.1. The number of halogens is 1. The Morgan fingerprint density at radius 1 is 1.04 bits per heavy atom. The zero-order chi connectivity index (χ0) is 16.4. The molecule has 0 aliphatic rings. The highest BCUT2D eigenvalue weighted by Crippen LogP contribution is 2.32. The molecule has 118 valence electrons. The third-order valence-electron chi connectivity index (χ3n) is 3.63. The zero-order valence-corrected chi connectivity index (χ0v) is 13.4. The fraction of sp³-hybridized carbons (Fsp3) is 0.118. The van der Waals surface area contributed by atoms with Crippen LogP contribution in [0.4, 0.5) is 11.5 Å². The molecule has 3 rings (SSSR count). The van der Waals surface area contributed by atoms with Crippen molar-refractivity contribution in [3.8, 4) is 17.0 Å². The van der Waals surface area contributed by atoms with Gasteiger partial charge in [-0.15, -0.1) is 0 Å². The summed E-state index contributed by atoms with van der Waals surface area (Å²) in [5, 5.41) is 5.05. The molecule has 1 heterocycles. The van der Waals surface area contributed by atoms with Crippen LogP contribution in [0, 0.1) is 0 Å². The van der Waals surface area contributed by atoms with Crippen LogP contribution in [-0.4, -0.2) is 16.9 Å². The number of methoxy groups -OCH3 is 1. The molecule has 3 aromatic rings. The Morgan fingerprint density at radius 3 is 2.30 bits per heavy atom. The van der Waals surface area contributed by atoms with Crippen molar-refractivity contribution in [3.63, 3.8) is 0 Å². The minimum Gasteiger partial charge on any atom is -0.497 e. The predicted octanol–water partition coefficient (Wildman–Crippen LogP) is 3.42. The highest BCUT2D eigenvalue weighted by Gasteiger charge is 2.15. The molecule has 0 atom stereocenters. The second-order valence-corrected chi connectivity index (χ2v) is 5.60. The topological polar surface area (TPSA) is 79.1 Å². The molecule has 2 aromatic carbocycles. The molecule has 0 fully saturated rings. The van der Waals surface area contributed by atoms with E-state index in [1.165, 1.54) is 0 Å². The van der Waals surface area contributed by atoms with Crippen molar-refractivity contribution in [2.75, 3.05) is 18.6 Å². The smallest absolute Gasteiger partial charge is 0.169 e. The summed E-state index contributed by atoms with van der Waals surface area (Å²) in [5.41, 5.74) is 15.3. The van der Waals surface area contributed by atoms with E-state index < -0.39 is 0 Å². The van der Waals surface area contributed by atoms with Crippen LogP contribution >= 0.6 is 11.6 Å². The number of nitrogens with two attached hydrogens (primary N) is 2. The first-order valence-electron chi connectivity index (χ1n) is 7.09. The van der Waals surface area contributed by atoms with Crippen LogP contribution in [0.15, 0.2) is 48.5 Å². The van der Waals surface area contributed by atoms with Crippen LogP contribution in [0.25, 0.3) is 11.3 Å². The quantitative estimate of drug-likeness (QED) is 0.769.